The van der Waals surface area contributed by atoms with Gasteiger partial charge in [-0.05, 0) is 24.3 Å². The van der Waals surface area contributed by atoms with Gasteiger partial charge in [0.05, 0.1) is 5.56 Å². The van der Waals surface area contributed by atoms with Crippen molar-refractivity contribution < 1.29 is 9.18 Å². The Kier molecular flexibility index (Phi) is 4.35. The molecule has 0 unspecified atom stereocenters. The Balaban J connectivity index is 2.02. The van der Waals surface area contributed by atoms with Crippen LogP contribution in [0.4, 0.5) is 4.39 Å². The second-order valence-corrected chi connectivity index (χ2v) is 5.84. The Morgan fingerprint density at radius 1 is 0.773 bits per heavy atom. The monoisotopic (exact) mass is 308 g/mol. The van der Waals surface area contributed by atoms with E-state index in [2.05, 4.69) is 0 Å². The molecule has 0 aromatic heterocycles. The molecule has 0 atom stereocenters. The number of hydrogen-bond acceptors (Lipinski definition) is 2. The van der Waals surface area contributed by atoms with Crippen LogP contribution in [0.1, 0.15) is 15.9 Å². The lowest BCUT2D eigenvalue weighted by atomic mass is 10.0. The van der Waals surface area contributed by atoms with E-state index in [9.17, 15) is 9.18 Å². The Hall–Kier alpha value is -2.39. The molecule has 0 bridgehead atoms. The van der Waals surface area contributed by atoms with Crippen LogP contribution in [-0.2, 0) is 0 Å². The van der Waals surface area contributed by atoms with E-state index in [1.54, 1.807) is 36.4 Å². The molecular weight excluding hydrogens is 295 g/mol. The summed E-state index contributed by atoms with van der Waals surface area (Å²) >= 11 is 1.39. The van der Waals surface area contributed by atoms with Crippen LogP contribution in [0.5, 0.6) is 0 Å². The summed E-state index contributed by atoms with van der Waals surface area (Å²) in [6, 6.07) is 23.1. The van der Waals surface area contributed by atoms with Gasteiger partial charge in [0.1, 0.15) is 5.82 Å². The summed E-state index contributed by atoms with van der Waals surface area (Å²) in [5.41, 5.74) is 0.616. The van der Waals surface area contributed by atoms with Crippen LogP contribution < -0.4 is 0 Å². The average molecular weight is 308 g/mol. The quantitative estimate of drug-likeness (QED) is 0.616. The van der Waals surface area contributed by atoms with Crippen molar-refractivity contribution in [2.75, 3.05) is 0 Å². The summed E-state index contributed by atoms with van der Waals surface area (Å²) in [6.07, 6.45) is 0. The molecule has 0 amide bonds. The van der Waals surface area contributed by atoms with Crippen molar-refractivity contribution in [1.82, 2.24) is 0 Å². The average Bonchev–Trinajstić information content (AvgIpc) is 2.56. The molecule has 108 valence electrons. The molecule has 0 N–H and O–H groups in total. The first kappa shape index (κ1) is 14.5. The number of hydrogen-bond donors (Lipinski definition) is 0. The van der Waals surface area contributed by atoms with Gasteiger partial charge in [-0.1, -0.05) is 66.4 Å². The third-order valence-electron chi connectivity index (χ3n) is 3.21. The Morgan fingerprint density at radius 2 is 1.41 bits per heavy atom. The van der Waals surface area contributed by atoms with Crippen LogP contribution in [0.25, 0.3) is 0 Å². The Morgan fingerprint density at radius 3 is 2.09 bits per heavy atom. The summed E-state index contributed by atoms with van der Waals surface area (Å²) < 4.78 is 14.3. The smallest absolute Gasteiger partial charge is 0.197 e. The zero-order chi connectivity index (χ0) is 15.4. The van der Waals surface area contributed by atoms with E-state index < -0.39 is 5.82 Å². The molecule has 22 heavy (non-hydrogen) atoms. The molecule has 0 heterocycles. The molecular formula is C19H13FOS. The van der Waals surface area contributed by atoms with Crippen molar-refractivity contribution >= 4 is 17.5 Å². The highest BCUT2D eigenvalue weighted by molar-refractivity contribution is 7.99. The molecule has 1 nitrogen and oxygen atoms in total. The highest BCUT2D eigenvalue weighted by atomic mass is 32.2. The van der Waals surface area contributed by atoms with Crippen molar-refractivity contribution in [3.63, 3.8) is 0 Å². The van der Waals surface area contributed by atoms with Crippen LogP contribution in [0.3, 0.4) is 0 Å². The molecule has 0 aliphatic rings. The number of halogens is 1. The van der Waals surface area contributed by atoms with Gasteiger partial charge in [0.25, 0.3) is 0 Å². The van der Waals surface area contributed by atoms with Crippen molar-refractivity contribution in [2.24, 2.45) is 0 Å². The van der Waals surface area contributed by atoms with Crippen LogP contribution >= 0.6 is 11.8 Å². The number of carbonyl (C=O) groups excluding carboxylic acids is 1. The lowest BCUT2D eigenvalue weighted by molar-refractivity contribution is 0.103. The predicted octanol–water partition coefficient (Wildman–Crippen LogP) is 5.21. The first-order valence-corrected chi connectivity index (χ1v) is 7.68. The number of carbonyl (C=O) groups is 1. The second-order valence-electron chi connectivity index (χ2n) is 4.72. The van der Waals surface area contributed by atoms with Crippen molar-refractivity contribution in [3.8, 4) is 0 Å². The molecule has 3 aromatic carbocycles. The van der Waals surface area contributed by atoms with E-state index in [0.717, 1.165) is 4.90 Å². The molecule has 0 saturated carbocycles. The maximum Gasteiger partial charge on any atom is 0.197 e. The zero-order valence-electron chi connectivity index (χ0n) is 11.7. The van der Waals surface area contributed by atoms with Crippen molar-refractivity contribution in [3.05, 3.63) is 95.8 Å². The van der Waals surface area contributed by atoms with Crippen molar-refractivity contribution in [2.45, 2.75) is 9.79 Å². The standard InChI is InChI=1S/C19H13FOS/c20-16-12-7-13-17(22-15-10-5-2-6-11-15)18(16)19(21)14-8-3-1-4-9-14/h1-13H. The van der Waals surface area contributed by atoms with Gasteiger partial charge >= 0.3 is 0 Å². The lowest BCUT2D eigenvalue weighted by Crippen LogP contribution is -2.06. The number of rotatable bonds is 4. The van der Waals surface area contributed by atoms with Gasteiger partial charge in [-0.2, -0.15) is 0 Å². The molecule has 0 fully saturated rings. The predicted molar refractivity (Wildman–Crippen MR) is 86.8 cm³/mol. The zero-order valence-corrected chi connectivity index (χ0v) is 12.5. The molecule has 3 rings (SSSR count). The van der Waals surface area contributed by atoms with Crippen molar-refractivity contribution in [1.29, 1.82) is 0 Å². The molecule has 3 aromatic rings. The highest BCUT2D eigenvalue weighted by Crippen LogP contribution is 2.32. The molecule has 0 aliphatic heterocycles. The lowest BCUT2D eigenvalue weighted by Gasteiger charge is -2.09. The fraction of sp³-hybridized carbons (Fsp3) is 0. The van der Waals surface area contributed by atoms with Gasteiger partial charge in [0.15, 0.2) is 5.78 Å². The van der Waals surface area contributed by atoms with Gasteiger partial charge in [-0.25, -0.2) is 4.39 Å². The largest absolute Gasteiger partial charge is 0.288 e. The van der Waals surface area contributed by atoms with E-state index in [1.165, 1.54) is 17.8 Å². The Labute approximate surface area is 132 Å². The maximum atomic E-state index is 14.3. The minimum Gasteiger partial charge on any atom is -0.288 e. The van der Waals surface area contributed by atoms with Gasteiger partial charge in [0.2, 0.25) is 0 Å². The number of benzene rings is 3. The molecule has 0 radical (unpaired) electrons. The molecule has 3 heteroatoms. The topological polar surface area (TPSA) is 17.1 Å². The fourth-order valence-corrected chi connectivity index (χ4v) is 3.15. The van der Waals surface area contributed by atoms with Crippen LogP contribution in [-0.4, -0.2) is 5.78 Å². The number of ketones is 1. The van der Waals surface area contributed by atoms with Gasteiger partial charge < -0.3 is 0 Å². The fourth-order valence-electron chi connectivity index (χ4n) is 2.16. The van der Waals surface area contributed by atoms with E-state index in [0.29, 0.717) is 10.5 Å². The first-order valence-electron chi connectivity index (χ1n) is 6.87. The van der Waals surface area contributed by atoms with E-state index in [1.807, 2.05) is 36.4 Å². The van der Waals surface area contributed by atoms with Crippen LogP contribution in [0.2, 0.25) is 0 Å². The summed E-state index contributed by atoms with van der Waals surface area (Å²) in [7, 11) is 0. The minimum absolute atomic E-state index is 0.127. The third kappa shape index (κ3) is 3.10. The molecule has 0 spiro atoms. The molecule has 0 saturated heterocycles. The second kappa shape index (κ2) is 6.58. The molecule has 0 aliphatic carbocycles. The normalized spacial score (nSPS) is 10.4. The summed E-state index contributed by atoms with van der Waals surface area (Å²) in [5.74, 6) is -0.785. The summed E-state index contributed by atoms with van der Waals surface area (Å²) in [5, 5.41) is 0. The summed E-state index contributed by atoms with van der Waals surface area (Å²) in [4.78, 5) is 14.2. The Bertz CT molecular complexity index is 785. The van der Waals surface area contributed by atoms with Gasteiger partial charge in [-0.3, -0.25) is 4.79 Å². The van der Waals surface area contributed by atoms with Gasteiger partial charge in [0, 0.05) is 15.4 Å². The van der Waals surface area contributed by atoms with E-state index in [-0.39, 0.29) is 11.3 Å². The highest BCUT2D eigenvalue weighted by Gasteiger charge is 2.18. The van der Waals surface area contributed by atoms with E-state index in [4.69, 9.17) is 0 Å². The SMILES string of the molecule is O=C(c1ccccc1)c1c(F)cccc1Sc1ccccc1. The third-order valence-corrected chi connectivity index (χ3v) is 4.28. The van der Waals surface area contributed by atoms with E-state index >= 15 is 0 Å². The minimum atomic E-state index is -0.491. The van der Waals surface area contributed by atoms with Crippen LogP contribution in [0.15, 0.2) is 88.7 Å². The first-order chi connectivity index (χ1) is 10.8. The summed E-state index contributed by atoms with van der Waals surface area (Å²) in [6.45, 7) is 0. The van der Waals surface area contributed by atoms with Crippen LogP contribution in [0, 0.1) is 5.82 Å². The maximum absolute atomic E-state index is 14.3. The van der Waals surface area contributed by atoms with Gasteiger partial charge in [-0.15, -0.1) is 0 Å².